The van der Waals surface area contributed by atoms with E-state index in [0.29, 0.717) is 17.7 Å². The summed E-state index contributed by atoms with van der Waals surface area (Å²) in [4.78, 5) is 41.2. The molecule has 0 saturated carbocycles. The zero-order valence-electron chi connectivity index (χ0n) is 21.6. The molecule has 0 radical (unpaired) electrons. The number of thioether (sulfide) groups is 1. The number of aromatic hydroxyl groups is 1. The van der Waals surface area contributed by atoms with Gasteiger partial charge in [0, 0.05) is 13.1 Å². The molecule has 0 aliphatic rings. The predicted octanol–water partition coefficient (Wildman–Crippen LogP) is 4.24. The summed E-state index contributed by atoms with van der Waals surface area (Å²) >= 11 is 1.55. The van der Waals surface area contributed by atoms with Gasteiger partial charge >= 0.3 is 6.09 Å². The molecule has 2 aromatic rings. The fourth-order valence-electron chi connectivity index (χ4n) is 3.66. The fraction of sp³-hybridized carbons (Fsp3) is 0.444. The van der Waals surface area contributed by atoms with Crippen molar-refractivity contribution in [2.75, 3.05) is 18.6 Å². The maximum Gasteiger partial charge on any atom is 0.408 e. The van der Waals surface area contributed by atoms with Gasteiger partial charge in [0.25, 0.3) is 0 Å². The summed E-state index contributed by atoms with van der Waals surface area (Å²) in [6, 6.07) is 13.9. The first-order valence-electron chi connectivity index (χ1n) is 11.9. The number of benzene rings is 2. The van der Waals surface area contributed by atoms with Crippen molar-refractivity contribution in [1.29, 1.82) is 0 Å². The molecule has 0 bridgehead atoms. The third-order valence-electron chi connectivity index (χ3n) is 5.28. The van der Waals surface area contributed by atoms with Crippen molar-refractivity contribution in [2.45, 2.75) is 58.3 Å². The Morgan fingerprint density at radius 1 is 1.08 bits per heavy atom. The molecular formula is C27H37N3O5S. The number of carbonyl (C=O) groups is 3. The van der Waals surface area contributed by atoms with E-state index in [1.165, 1.54) is 17.0 Å². The number of nitrogens with zero attached hydrogens (tertiary/aromatic N) is 1. The lowest BCUT2D eigenvalue weighted by molar-refractivity contribution is -0.142. The van der Waals surface area contributed by atoms with Crippen LogP contribution in [0.15, 0.2) is 54.6 Å². The number of carbonyl (C=O) groups excluding carboxylic acids is 3. The Morgan fingerprint density at radius 3 is 2.36 bits per heavy atom. The van der Waals surface area contributed by atoms with Crippen molar-refractivity contribution < 1.29 is 24.2 Å². The van der Waals surface area contributed by atoms with Crippen LogP contribution in [0.3, 0.4) is 0 Å². The molecule has 0 heterocycles. The van der Waals surface area contributed by atoms with Crippen LogP contribution in [0, 0.1) is 0 Å². The number of ether oxygens (including phenoxy) is 1. The summed E-state index contributed by atoms with van der Waals surface area (Å²) in [6.45, 7) is 7.52. The predicted molar refractivity (Wildman–Crippen MR) is 143 cm³/mol. The maximum absolute atomic E-state index is 13.8. The molecule has 0 aromatic heterocycles. The smallest absolute Gasteiger partial charge is 0.408 e. The van der Waals surface area contributed by atoms with Crippen molar-refractivity contribution in [3.63, 3.8) is 0 Å². The van der Waals surface area contributed by atoms with Crippen molar-refractivity contribution in [2.24, 2.45) is 0 Å². The summed E-state index contributed by atoms with van der Waals surface area (Å²) in [7, 11) is 0. The number of likely N-dealkylation sites (N-methyl/N-ethyl adjacent to an activating group) is 1. The summed E-state index contributed by atoms with van der Waals surface area (Å²) in [5.74, 6) is -0.176. The molecule has 8 nitrogen and oxygen atoms in total. The normalized spacial score (nSPS) is 12.8. The Bertz CT molecular complexity index is 1010. The highest BCUT2D eigenvalue weighted by atomic mass is 32.2. The molecule has 196 valence electrons. The number of hydrogen-bond donors (Lipinski definition) is 3. The van der Waals surface area contributed by atoms with Crippen LogP contribution < -0.4 is 10.6 Å². The minimum absolute atomic E-state index is 0.0114. The number of alkyl carbamates (subject to hydrolysis) is 1. The minimum atomic E-state index is -1.00. The van der Waals surface area contributed by atoms with Crippen LogP contribution in [0.2, 0.25) is 0 Å². The lowest BCUT2D eigenvalue weighted by Gasteiger charge is -2.33. The van der Waals surface area contributed by atoms with E-state index < -0.39 is 29.7 Å². The van der Waals surface area contributed by atoms with Gasteiger partial charge < -0.3 is 25.4 Å². The minimum Gasteiger partial charge on any atom is -0.508 e. The first-order valence-corrected chi connectivity index (χ1v) is 13.3. The molecule has 0 aliphatic heterocycles. The Morgan fingerprint density at radius 2 is 1.78 bits per heavy atom. The highest BCUT2D eigenvalue weighted by Gasteiger charge is 2.35. The van der Waals surface area contributed by atoms with E-state index in [0.717, 1.165) is 5.56 Å². The van der Waals surface area contributed by atoms with E-state index in [-0.39, 0.29) is 24.7 Å². The Kier molecular flexibility index (Phi) is 11.1. The summed E-state index contributed by atoms with van der Waals surface area (Å²) in [5.41, 5.74) is 0.666. The molecule has 2 aromatic carbocycles. The van der Waals surface area contributed by atoms with E-state index in [4.69, 9.17) is 4.74 Å². The molecule has 2 atom stereocenters. The van der Waals surface area contributed by atoms with Gasteiger partial charge in [-0.05, 0) is 69.4 Å². The fourth-order valence-corrected chi connectivity index (χ4v) is 4.13. The lowest BCUT2D eigenvalue weighted by Crippen LogP contribution is -2.53. The monoisotopic (exact) mass is 515 g/mol. The van der Waals surface area contributed by atoms with Crippen LogP contribution in [0.4, 0.5) is 4.79 Å². The lowest BCUT2D eigenvalue weighted by atomic mass is 10.0. The van der Waals surface area contributed by atoms with Crippen molar-refractivity contribution in [3.8, 4) is 5.75 Å². The molecule has 0 saturated heterocycles. The average Bonchev–Trinajstić information content (AvgIpc) is 2.82. The van der Waals surface area contributed by atoms with Crippen LogP contribution in [-0.2, 0) is 20.9 Å². The van der Waals surface area contributed by atoms with Gasteiger partial charge in [-0.15, -0.1) is 0 Å². The Hall–Kier alpha value is -3.20. The van der Waals surface area contributed by atoms with Gasteiger partial charge in [0.1, 0.15) is 23.4 Å². The highest BCUT2D eigenvalue weighted by molar-refractivity contribution is 7.98. The number of phenols is 1. The van der Waals surface area contributed by atoms with Gasteiger partial charge in [-0.1, -0.05) is 42.5 Å². The molecule has 0 spiro atoms. The van der Waals surface area contributed by atoms with Gasteiger partial charge in [0.05, 0.1) is 0 Å². The molecule has 36 heavy (non-hydrogen) atoms. The second-order valence-electron chi connectivity index (χ2n) is 9.31. The van der Waals surface area contributed by atoms with Gasteiger partial charge in [-0.3, -0.25) is 9.59 Å². The molecule has 0 fully saturated rings. The average molecular weight is 516 g/mol. The number of nitrogens with one attached hydrogen (secondary N) is 2. The zero-order chi connectivity index (χ0) is 26.7. The highest BCUT2D eigenvalue weighted by Crippen LogP contribution is 2.26. The molecule has 2 unspecified atom stereocenters. The van der Waals surface area contributed by atoms with Crippen LogP contribution in [0.5, 0.6) is 5.75 Å². The first kappa shape index (κ1) is 29.0. The van der Waals surface area contributed by atoms with Crippen LogP contribution in [0.25, 0.3) is 0 Å². The molecule has 0 aliphatic carbocycles. The SMILES string of the molecule is CCN(C(=O)C(CCSC)NC(=O)OC(C)(C)C)C(C(=O)NCc1ccccc1)c1cccc(O)c1. The maximum atomic E-state index is 13.8. The van der Waals surface area contributed by atoms with Crippen LogP contribution in [0.1, 0.15) is 51.3 Å². The van der Waals surface area contributed by atoms with Crippen molar-refractivity contribution in [1.82, 2.24) is 15.5 Å². The summed E-state index contributed by atoms with van der Waals surface area (Å²) in [6.07, 6.45) is 1.59. The van der Waals surface area contributed by atoms with E-state index in [1.54, 1.807) is 51.6 Å². The Labute approximate surface area is 217 Å². The van der Waals surface area contributed by atoms with Gasteiger partial charge in [0.2, 0.25) is 11.8 Å². The zero-order valence-corrected chi connectivity index (χ0v) is 22.4. The number of phenolic OH excluding ortho intramolecular Hbond substituents is 1. The van der Waals surface area contributed by atoms with E-state index in [9.17, 15) is 19.5 Å². The quantitative estimate of drug-likeness (QED) is 0.413. The van der Waals surface area contributed by atoms with E-state index in [2.05, 4.69) is 10.6 Å². The summed E-state index contributed by atoms with van der Waals surface area (Å²) < 4.78 is 5.37. The van der Waals surface area contributed by atoms with Gasteiger partial charge in [-0.2, -0.15) is 11.8 Å². The van der Waals surface area contributed by atoms with Crippen LogP contribution >= 0.6 is 11.8 Å². The van der Waals surface area contributed by atoms with Gasteiger partial charge in [-0.25, -0.2) is 4.79 Å². The first-order chi connectivity index (χ1) is 17.1. The second-order valence-corrected chi connectivity index (χ2v) is 10.3. The largest absolute Gasteiger partial charge is 0.508 e. The number of amides is 3. The summed E-state index contributed by atoms with van der Waals surface area (Å²) in [5, 5.41) is 15.7. The van der Waals surface area contributed by atoms with Crippen LogP contribution in [-0.4, -0.2) is 58.1 Å². The molecule has 3 N–H and O–H groups in total. The number of hydrogen-bond acceptors (Lipinski definition) is 6. The number of rotatable bonds is 11. The third kappa shape index (κ3) is 9.11. The Balaban J connectivity index is 2.35. The molecule has 3 amide bonds. The van der Waals surface area contributed by atoms with Crippen molar-refractivity contribution in [3.05, 3.63) is 65.7 Å². The van der Waals surface area contributed by atoms with Crippen molar-refractivity contribution >= 4 is 29.7 Å². The topological polar surface area (TPSA) is 108 Å². The standard InChI is InChI=1S/C27H37N3O5S/c1-6-30(25(33)22(15-16-36-5)29-26(34)35-27(2,3)4)23(20-13-10-14-21(31)17-20)24(32)28-18-19-11-8-7-9-12-19/h7-14,17,22-23,31H,6,15-16,18H2,1-5H3,(H,28,32)(H,29,34). The van der Waals surface area contributed by atoms with E-state index in [1.807, 2.05) is 36.6 Å². The molecular weight excluding hydrogens is 478 g/mol. The second kappa shape index (κ2) is 13.8. The molecule has 9 heteroatoms. The van der Waals surface area contributed by atoms with E-state index >= 15 is 0 Å². The molecule has 2 rings (SSSR count). The third-order valence-corrected chi connectivity index (χ3v) is 5.92. The van der Waals surface area contributed by atoms with Gasteiger partial charge in [0.15, 0.2) is 0 Å².